The maximum atomic E-state index is 12.9. The number of nitrogens with two attached hydrogens (primary N) is 1. The summed E-state index contributed by atoms with van der Waals surface area (Å²) < 4.78 is 38.8. The number of nitrogens with zero attached hydrogens (tertiary/aromatic N) is 2. The summed E-state index contributed by atoms with van der Waals surface area (Å²) in [6, 6.07) is 14.6. The Balaban J connectivity index is 1.64. The molecule has 0 aliphatic heterocycles. The molecule has 31 heavy (non-hydrogen) atoms. The quantitative estimate of drug-likeness (QED) is 0.420. The van der Waals surface area contributed by atoms with Gasteiger partial charge in [-0.1, -0.05) is 23.7 Å². The smallest absolute Gasteiger partial charge is 0.368 e. The van der Waals surface area contributed by atoms with E-state index < -0.39 is 17.6 Å². The van der Waals surface area contributed by atoms with Crippen LogP contribution >= 0.6 is 11.6 Å². The van der Waals surface area contributed by atoms with E-state index in [1.807, 2.05) is 12.1 Å². The second-order valence-electron chi connectivity index (χ2n) is 6.76. The van der Waals surface area contributed by atoms with Gasteiger partial charge >= 0.3 is 6.18 Å². The Bertz CT molecular complexity index is 1310. The molecule has 0 spiro atoms. The van der Waals surface area contributed by atoms with Crippen LogP contribution in [0.1, 0.15) is 15.9 Å². The van der Waals surface area contributed by atoms with Crippen molar-refractivity contribution < 1.29 is 18.0 Å². The zero-order valence-electron chi connectivity index (χ0n) is 15.7. The van der Waals surface area contributed by atoms with E-state index in [9.17, 15) is 18.0 Å². The number of nitrogen functional groups attached to an aromatic ring is 1. The maximum Gasteiger partial charge on any atom is 0.416 e. The Morgan fingerprint density at radius 2 is 1.81 bits per heavy atom. The molecule has 4 aromatic rings. The molecule has 0 fully saturated rings. The molecule has 1 amide bonds. The number of fused-ring (bicyclic) bond motifs is 1. The lowest BCUT2D eigenvalue weighted by molar-refractivity contribution is -0.137. The Labute approximate surface area is 179 Å². The highest BCUT2D eigenvalue weighted by Crippen LogP contribution is 2.31. The van der Waals surface area contributed by atoms with E-state index in [4.69, 9.17) is 17.3 Å². The monoisotopic (exact) mass is 442 g/mol. The molecular formula is C22H14ClF3N4O. The third-order valence-corrected chi connectivity index (χ3v) is 4.76. The van der Waals surface area contributed by atoms with Crippen LogP contribution in [-0.4, -0.2) is 15.9 Å². The fourth-order valence-corrected chi connectivity index (χ4v) is 3.33. The first-order valence-electron chi connectivity index (χ1n) is 9.01. The molecule has 0 aliphatic carbocycles. The highest BCUT2D eigenvalue weighted by molar-refractivity contribution is 6.31. The maximum absolute atomic E-state index is 12.9. The minimum atomic E-state index is -4.54. The van der Waals surface area contributed by atoms with Crippen molar-refractivity contribution in [3.05, 3.63) is 83.0 Å². The Morgan fingerprint density at radius 3 is 2.58 bits per heavy atom. The molecule has 4 rings (SSSR count). The lowest BCUT2D eigenvalue weighted by atomic mass is 10.0. The molecule has 0 atom stereocenters. The van der Waals surface area contributed by atoms with Crippen molar-refractivity contribution in [2.24, 2.45) is 0 Å². The summed E-state index contributed by atoms with van der Waals surface area (Å²) >= 11 is 6.21. The molecule has 1 heterocycles. The first-order valence-corrected chi connectivity index (χ1v) is 9.39. The first-order chi connectivity index (χ1) is 14.7. The molecule has 0 unspecified atom stereocenters. The van der Waals surface area contributed by atoms with Gasteiger partial charge in [-0.05, 0) is 59.7 Å². The molecule has 5 nitrogen and oxygen atoms in total. The van der Waals surface area contributed by atoms with Crippen LogP contribution in [0.4, 0.5) is 24.8 Å². The summed E-state index contributed by atoms with van der Waals surface area (Å²) in [5, 5.41) is 3.72. The second kappa shape index (κ2) is 7.88. The number of amides is 1. The SMILES string of the molecule is Nc1ncc2cc(-c3cc(Cl)cc(NC(=O)c4cccc(C(F)(F)F)c4)c3)ccc2n1. The average molecular weight is 443 g/mol. The molecule has 1 aromatic heterocycles. The van der Waals surface area contributed by atoms with Crippen molar-refractivity contribution in [3.8, 4) is 11.1 Å². The predicted octanol–water partition coefficient (Wildman–Crippen LogP) is 5.80. The molecule has 9 heteroatoms. The van der Waals surface area contributed by atoms with Crippen LogP contribution in [0.2, 0.25) is 5.02 Å². The van der Waals surface area contributed by atoms with Crippen LogP contribution in [0.25, 0.3) is 22.0 Å². The average Bonchev–Trinajstić information content (AvgIpc) is 2.72. The Kier molecular flexibility index (Phi) is 5.24. The fraction of sp³-hybridized carbons (Fsp3) is 0.0455. The number of hydrogen-bond acceptors (Lipinski definition) is 4. The first kappa shape index (κ1) is 20.6. The van der Waals surface area contributed by atoms with Gasteiger partial charge in [0.25, 0.3) is 5.91 Å². The van der Waals surface area contributed by atoms with E-state index in [0.717, 1.165) is 23.1 Å². The summed E-state index contributed by atoms with van der Waals surface area (Å²) in [6.45, 7) is 0. The molecule has 0 saturated carbocycles. The lowest BCUT2D eigenvalue weighted by Gasteiger charge is -2.11. The molecule has 0 bridgehead atoms. The molecule has 3 N–H and O–H groups in total. The minimum Gasteiger partial charge on any atom is -0.368 e. The third kappa shape index (κ3) is 4.59. The predicted molar refractivity (Wildman–Crippen MR) is 114 cm³/mol. The van der Waals surface area contributed by atoms with E-state index in [2.05, 4.69) is 15.3 Å². The Morgan fingerprint density at radius 1 is 1.00 bits per heavy atom. The minimum absolute atomic E-state index is 0.114. The largest absolute Gasteiger partial charge is 0.416 e. The van der Waals surface area contributed by atoms with Crippen molar-refractivity contribution in [2.45, 2.75) is 6.18 Å². The van der Waals surface area contributed by atoms with Crippen molar-refractivity contribution in [1.82, 2.24) is 9.97 Å². The van der Waals surface area contributed by atoms with Gasteiger partial charge in [-0.25, -0.2) is 9.97 Å². The zero-order valence-corrected chi connectivity index (χ0v) is 16.5. The van der Waals surface area contributed by atoms with Crippen LogP contribution in [-0.2, 0) is 6.18 Å². The van der Waals surface area contributed by atoms with Crippen molar-refractivity contribution in [3.63, 3.8) is 0 Å². The number of alkyl halides is 3. The molecule has 3 aromatic carbocycles. The molecule has 0 aliphatic rings. The van der Waals surface area contributed by atoms with E-state index in [0.29, 0.717) is 21.8 Å². The molecular weight excluding hydrogens is 429 g/mol. The van der Waals surface area contributed by atoms with Gasteiger partial charge in [0, 0.05) is 27.9 Å². The van der Waals surface area contributed by atoms with Crippen LogP contribution in [0, 0.1) is 0 Å². The highest BCUT2D eigenvalue weighted by atomic mass is 35.5. The van der Waals surface area contributed by atoms with Crippen molar-refractivity contribution in [2.75, 3.05) is 11.1 Å². The van der Waals surface area contributed by atoms with Gasteiger partial charge < -0.3 is 11.1 Å². The van der Waals surface area contributed by atoms with Crippen LogP contribution in [0.3, 0.4) is 0 Å². The van der Waals surface area contributed by atoms with Crippen molar-refractivity contribution >= 4 is 40.0 Å². The lowest BCUT2D eigenvalue weighted by Crippen LogP contribution is -2.14. The summed E-state index contributed by atoms with van der Waals surface area (Å²) in [4.78, 5) is 20.6. The zero-order chi connectivity index (χ0) is 22.2. The summed E-state index contributed by atoms with van der Waals surface area (Å²) in [5.41, 5.74) is 7.10. The van der Waals surface area contributed by atoms with Gasteiger partial charge in [0.15, 0.2) is 0 Å². The standard InChI is InChI=1S/C22H14ClF3N4O/c23-17-8-14(12-4-5-19-15(6-12)11-28-21(27)30-19)9-18(10-17)29-20(31)13-2-1-3-16(7-13)22(24,25)26/h1-11H,(H,29,31)(H2,27,28,30). The van der Waals surface area contributed by atoms with E-state index in [1.54, 1.807) is 24.4 Å². The second-order valence-corrected chi connectivity index (χ2v) is 7.20. The highest BCUT2D eigenvalue weighted by Gasteiger charge is 2.30. The number of rotatable bonds is 3. The summed E-state index contributed by atoms with van der Waals surface area (Å²) in [5.74, 6) is -0.510. The van der Waals surface area contributed by atoms with Gasteiger partial charge in [0.05, 0.1) is 11.1 Å². The summed E-state index contributed by atoms with van der Waals surface area (Å²) in [7, 11) is 0. The normalized spacial score (nSPS) is 11.5. The fourth-order valence-electron chi connectivity index (χ4n) is 3.10. The number of hydrogen-bond donors (Lipinski definition) is 2. The van der Waals surface area contributed by atoms with E-state index in [1.165, 1.54) is 18.2 Å². The van der Waals surface area contributed by atoms with E-state index >= 15 is 0 Å². The molecule has 0 saturated heterocycles. The number of carbonyl (C=O) groups excluding carboxylic acids is 1. The number of anilines is 2. The third-order valence-electron chi connectivity index (χ3n) is 4.54. The van der Waals surface area contributed by atoms with Crippen LogP contribution in [0.15, 0.2) is 66.9 Å². The van der Waals surface area contributed by atoms with E-state index in [-0.39, 0.29) is 11.5 Å². The Hall–Kier alpha value is -3.65. The van der Waals surface area contributed by atoms with Gasteiger partial charge in [0.2, 0.25) is 5.95 Å². The number of halogens is 4. The van der Waals surface area contributed by atoms with Crippen molar-refractivity contribution in [1.29, 1.82) is 0 Å². The number of nitrogens with one attached hydrogen (secondary N) is 1. The number of benzene rings is 3. The van der Waals surface area contributed by atoms with Gasteiger partial charge in [0.1, 0.15) is 0 Å². The number of aromatic nitrogens is 2. The van der Waals surface area contributed by atoms with Crippen LogP contribution < -0.4 is 11.1 Å². The van der Waals surface area contributed by atoms with Crippen LogP contribution in [0.5, 0.6) is 0 Å². The van der Waals surface area contributed by atoms with Gasteiger partial charge in [-0.3, -0.25) is 4.79 Å². The molecule has 156 valence electrons. The summed E-state index contributed by atoms with van der Waals surface area (Å²) in [6.07, 6.45) is -2.94. The number of carbonyl (C=O) groups is 1. The molecule has 0 radical (unpaired) electrons. The topological polar surface area (TPSA) is 80.9 Å². The van der Waals surface area contributed by atoms with Gasteiger partial charge in [-0.15, -0.1) is 0 Å². The van der Waals surface area contributed by atoms with Gasteiger partial charge in [-0.2, -0.15) is 13.2 Å².